The summed E-state index contributed by atoms with van der Waals surface area (Å²) >= 11 is 14.8. The molecule has 2 N–H and O–H groups in total. The van der Waals surface area contributed by atoms with Crippen LogP contribution in [0.4, 0.5) is 5.82 Å². The molecule has 0 radical (unpaired) electrons. The molecule has 0 saturated heterocycles. The molecule has 1 aliphatic heterocycles. The van der Waals surface area contributed by atoms with Crippen LogP contribution in [-0.2, 0) is 6.54 Å². The molecular formula is C15H13BrClN3O2S. The molecule has 0 unspecified atom stereocenters. The van der Waals surface area contributed by atoms with Gasteiger partial charge in [-0.25, -0.2) is 4.98 Å². The maximum atomic E-state index is 6.02. The Morgan fingerprint density at radius 2 is 2.17 bits per heavy atom. The highest BCUT2D eigenvalue weighted by molar-refractivity contribution is 9.10. The van der Waals surface area contributed by atoms with Crippen LogP contribution >= 0.6 is 39.7 Å². The largest absolute Gasteiger partial charge is 0.454 e. The van der Waals surface area contributed by atoms with Crippen LogP contribution in [0.1, 0.15) is 11.1 Å². The third-order valence-electron chi connectivity index (χ3n) is 3.32. The quantitative estimate of drug-likeness (QED) is 0.740. The lowest BCUT2D eigenvalue weighted by Gasteiger charge is -2.13. The van der Waals surface area contributed by atoms with E-state index in [1.54, 1.807) is 6.20 Å². The lowest BCUT2D eigenvalue weighted by molar-refractivity contribution is 0.174. The van der Waals surface area contributed by atoms with Gasteiger partial charge in [0.1, 0.15) is 5.82 Å². The molecule has 0 spiro atoms. The van der Waals surface area contributed by atoms with Crippen molar-refractivity contribution in [1.29, 1.82) is 0 Å². The van der Waals surface area contributed by atoms with Gasteiger partial charge in [0, 0.05) is 12.7 Å². The molecule has 120 valence electrons. The zero-order chi connectivity index (χ0) is 16.4. The van der Waals surface area contributed by atoms with E-state index in [0.717, 1.165) is 27.1 Å². The van der Waals surface area contributed by atoms with Gasteiger partial charge in [-0.15, -0.1) is 0 Å². The summed E-state index contributed by atoms with van der Waals surface area (Å²) in [5, 5.41) is 7.25. The Labute approximate surface area is 152 Å². The first kappa shape index (κ1) is 16.3. The van der Waals surface area contributed by atoms with Crippen molar-refractivity contribution >= 4 is 50.7 Å². The van der Waals surface area contributed by atoms with Crippen LogP contribution in [0.15, 0.2) is 28.9 Å². The first-order valence-electron chi connectivity index (χ1n) is 6.78. The number of halogens is 2. The number of pyridine rings is 1. The van der Waals surface area contributed by atoms with Gasteiger partial charge in [-0.05, 0) is 58.3 Å². The van der Waals surface area contributed by atoms with E-state index >= 15 is 0 Å². The summed E-state index contributed by atoms with van der Waals surface area (Å²) in [5.41, 5.74) is 1.94. The highest BCUT2D eigenvalue weighted by Crippen LogP contribution is 2.32. The number of ether oxygens (including phenoxy) is 2. The molecule has 3 rings (SSSR count). The van der Waals surface area contributed by atoms with E-state index in [9.17, 15) is 0 Å². The van der Waals surface area contributed by atoms with Crippen LogP contribution in [0, 0.1) is 6.92 Å². The lowest BCUT2D eigenvalue weighted by atomic mass is 10.2. The Kier molecular flexibility index (Phi) is 4.89. The smallest absolute Gasteiger partial charge is 0.231 e. The van der Waals surface area contributed by atoms with Crippen molar-refractivity contribution in [2.24, 2.45) is 0 Å². The van der Waals surface area contributed by atoms with Crippen LogP contribution in [0.2, 0.25) is 5.02 Å². The van der Waals surface area contributed by atoms with Crippen LogP contribution < -0.4 is 20.1 Å². The number of fused-ring (bicyclic) bond motifs is 1. The molecule has 0 atom stereocenters. The van der Waals surface area contributed by atoms with Crippen molar-refractivity contribution in [3.05, 3.63) is 45.0 Å². The summed E-state index contributed by atoms with van der Waals surface area (Å²) in [6.07, 6.45) is 1.59. The third-order valence-corrected chi connectivity index (χ3v) is 4.92. The number of benzene rings is 1. The van der Waals surface area contributed by atoms with E-state index in [4.69, 9.17) is 33.3 Å². The molecule has 1 aromatic heterocycles. The molecule has 8 heteroatoms. The Hall–Kier alpha value is -1.57. The molecule has 0 amide bonds. The Morgan fingerprint density at radius 3 is 3.00 bits per heavy atom. The number of anilines is 1. The maximum absolute atomic E-state index is 6.02. The number of thiocarbonyl (C=S) groups is 1. The summed E-state index contributed by atoms with van der Waals surface area (Å²) in [6.45, 7) is 2.73. The van der Waals surface area contributed by atoms with Crippen molar-refractivity contribution in [3.8, 4) is 11.5 Å². The molecule has 0 aliphatic carbocycles. The average molecular weight is 415 g/mol. The summed E-state index contributed by atoms with van der Waals surface area (Å²) in [6, 6.07) is 5.78. The second-order valence-corrected chi connectivity index (χ2v) is 6.50. The number of rotatable bonds is 3. The van der Waals surface area contributed by atoms with Gasteiger partial charge < -0.3 is 20.1 Å². The number of hydrogen-bond donors (Lipinski definition) is 2. The van der Waals surface area contributed by atoms with Gasteiger partial charge in [0.2, 0.25) is 6.79 Å². The number of nitrogens with one attached hydrogen (secondary N) is 2. The molecular weight excluding hydrogens is 402 g/mol. The van der Waals surface area contributed by atoms with Gasteiger partial charge in [0.15, 0.2) is 16.6 Å². The van der Waals surface area contributed by atoms with E-state index in [1.165, 1.54) is 0 Å². The molecule has 23 heavy (non-hydrogen) atoms. The molecule has 2 aromatic rings. The van der Waals surface area contributed by atoms with E-state index in [-0.39, 0.29) is 6.79 Å². The van der Waals surface area contributed by atoms with Crippen LogP contribution in [0.5, 0.6) is 11.5 Å². The fourth-order valence-corrected chi connectivity index (χ4v) is 2.87. The highest BCUT2D eigenvalue weighted by Gasteiger charge is 2.13. The van der Waals surface area contributed by atoms with Gasteiger partial charge in [-0.3, -0.25) is 0 Å². The minimum atomic E-state index is 0.266. The van der Waals surface area contributed by atoms with Crippen molar-refractivity contribution in [2.75, 3.05) is 12.1 Å². The van der Waals surface area contributed by atoms with Gasteiger partial charge in [-0.1, -0.05) is 17.7 Å². The Morgan fingerprint density at radius 1 is 1.39 bits per heavy atom. The molecule has 0 bridgehead atoms. The summed E-state index contributed by atoms with van der Waals surface area (Å²) < 4.78 is 11.4. The van der Waals surface area contributed by atoms with E-state index in [0.29, 0.717) is 22.5 Å². The van der Waals surface area contributed by atoms with Crippen LogP contribution in [-0.4, -0.2) is 16.9 Å². The van der Waals surface area contributed by atoms with E-state index < -0.39 is 0 Å². The first-order valence-corrected chi connectivity index (χ1v) is 8.36. The van der Waals surface area contributed by atoms with Crippen molar-refractivity contribution in [1.82, 2.24) is 10.3 Å². The molecule has 0 saturated carbocycles. The predicted molar refractivity (Wildman–Crippen MR) is 97.3 cm³/mol. The third kappa shape index (κ3) is 3.68. The monoisotopic (exact) mass is 413 g/mol. The fraction of sp³-hybridized carbons (Fsp3) is 0.200. The molecule has 1 aliphatic rings. The Bertz CT molecular complexity index is 773. The normalized spacial score (nSPS) is 12.1. The predicted octanol–water partition coefficient (Wildman–Crippen LogP) is 4.02. The maximum Gasteiger partial charge on any atom is 0.231 e. The summed E-state index contributed by atoms with van der Waals surface area (Å²) in [5.74, 6) is 2.13. The van der Waals surface area contributed by atoms with Gasteiger partial charge in [-0.2, -0.15) is 0 Å². The van der Waals surface area contributed by atoms with Gasteiger partial charge in [0.05, 0.1) is 9.50 Å². The van der Waals surface area contributed by atoms with Crippen molar-refractivity contribution < 1.29 is 9.47 Å². The Balaban J connectivity index is 1.61. The van der Waals surface area contributed by atoms with E-state index in [2.05, 4.69) is 31.5 Å². The number of nitrogens with zero attached hydrogens (tertiary/aromatic N) is 1. The van der Waals surface area contributed by atoms with Crippen molar-refractivity contribution in [3.63, 3.8) is 0 Å². The van der Waals surface area contributed by atoms with Gasteiger partial charge in [0.25, 0.3) is 0 Å². The number of aromatic nitrogens is 1. The van der Waals surface area contributed by atoms with Crippen LogP contribution in [0.3, 0.4) is 0 Å². The second-order valence-electron chi connectivity index (χ2n) is 4.89. The average Bonchev–Trinajstić information content (AvgIpc) is 3.01. The zero-order valence-corrected chi connectivity index (χ0v) is 15.3. The number of hydrogen-bond acceptors (Lipinski definition) is 4. The summed E-state index contributed by atoms with van der Waals surface area (Å²) in [4.78, 5) is 4.23. The summed E-state index contributed by atoms with van der Waals surface area (Å²) in [7, 11) is 0. The van der Waals surface area contributed by atoms with Crippen LogP contribution in [0.25, 0.3) is 0 Å². The highest BCUT2D eigenvalue weighted by atomic mass is 79.9. The fourth-order valence-electron chi connectivity index (χ4n) is 2.03. The molecule has 1 aromatic carbocycles. The first-order chi connectivity index (χ1) is 11.0. The standard InChI is InChI=1S/C15H13BrClN3O2S/c1-8-10(17)6-18-14(13(8)16)20-15(23)19-5-9-2-3-11-12(4-9)22-7-21-11/h2-4,6H,5,7H2,1H3,(H2,18,19,20,23). The minimum Gasteiger partial charge on any atom is -0.454 e. The topological polar surface area (TPSA) is 55.4 Å². The van der Waals surface area contributed by atoms with Gasteiger partial charge >= 0.3 is 0 Å². The minimum absolute atomic E-state index is 0.266. The SMILES string of the molecule is Cc1c(Cl)cnc(NC(=S)NCc2ccc3c(c2)OCO3)c1Br. The zero-order valence-electron chi connectivity index (χ0n) is 12.2. The molecule has 5 nitrogen and oxygen atoms in total. The molecule has 2 heterocycles. The van der Waals surface area contributed by atoms with E-state index in [1.807, 2.05) is 25.1 Å². The lowest BCUT2D eigenvalue weighted by Crippen LogP contribution is -2.28. The second kappa shape index (κ2) is 6.90. The molecule has 0 fully saturated rings. The van der Waals surface area contributed by atoms with Crippen molar-refractivity contribution in [2.45, 2.75) is 13.5 Å².